The molecule has 0 spiro atoms. The Hall–Kier alpha value is -3.70. The van der Waals surface area contributed by atoms with Crippen molar-refractivity contribution in [2.75, 3.05) is 18.4 Å². The lowest BCUT2D eigenvalue weighted by Crippen LogP contribution is -2.47. The lowest BCUT2D eigenvalue weighted by atomic mass is 10.2. The van der Waals surface area contributed by atoms with Crippen molar-refractivity contribution in [2.45, 2.75) is 39.3 Å². The van der Waals surface area contributed by atoms with Gasteiger partial charge in [-0.25, -0.2) is 4.79 Å². The van der Waals surface area contributed by atoms with Crippen LogP contribution in [0.5, 0.6) is 0 Å². The molecule has 0 aromatic heterocycles. The lowest BCUT2D eigenvalue weighted by molar-refractivity contribution is -0.384. The number of benzene rings is 1. The summed E-state index contributed by atoms with van der Waals surface area (Å²) in [6, 6.07) is 4.27. The Morgan fingerprint density at radius 1 is 1.03 bits per heavy atom. The van der Waals surface area contributed by atoms with Crippen molar-refractivity contribution in [2.24, 2.45) is 0 Å². The van der Waals surface area contributed by atoms with Crippen LogP contribution in [0.3, 0.4) is 0 Å². The molecular weight excluding hydrogens is 398 g/mol. The highest BCUT2D eigenvalue weighted by Crippen LogP contribution is 2.15. The summed E-state index contributed by atoms with van der Waals surface area (Å²) in [5.41, 5.74) is -0.495. The molecule has 0 aliphatic rings. The van der Waals surface area contributed by atoms with Gasteiger partial charge in [-0.05, 0) is 39.8 Å². The van der Waals surface area contributed by atoms with Crippen molar-refractivity contribution in [3.63, 3.8) is 0 Å². The third-order valence-corrected chi connectivity index (χ3v) is 3.35. The summed E-state index contributed by atoms with van der Waals surface area (Å²) < 4.78 is 4.97. The molecule has 12 nitrogen and oxygen atoms in total. The van der Waals surface area contributed by atoms with Gasteiger partial charge in [-0.1, -0.05) is 0 Å². The zero-order valence-corrected chi connectivity index (χ0v) is 17.1. The summed E-state index contributed by atoms with van der Waals surface area (Å²) in [6.07, 6.45) is -0.765. The minimum atomic E-state index is -0.926. The van der Waals surface area contributed by atoms with Crippen LogP contribution < -0.4 is 21.3 Å². The van der Waals surface area contributed by atoms with Crippen LogP contribution in [0.25, 0.3) is 0 Å². The predicted octanol–water partition coefficient (Wildman–Crippen LogP) is 0.679. The van der Waals surface area contributed by atoms with Gasteiger partial charge in [0.25, 0.3) is 5.69 Å². The van der Waals surface area contributed by atoms with Crippen LogP contribution in [0.15, 0.2) is 24.3 Å². The molecule has 0 saturated carbocycles. The fraction of sp³-hybridized carbons (Fsp3) is 0.444. The van der Waals surface area contributed by atoms with Gasteiger partial charge in [0.15, 0.2) is 0 Å². The highest BCUT2D eigenvalue weighted by atomic mass is 16.6. The summed E-state index contributed by atoms with van der Waals surface area (Å²) in [6.45, 7) is 5.69. The molecule has 0 unspecified atom stereocenters. The number of rotatable bonds is 8. The Morgan fingerprint density at radius 2 is 1.60 bits per heavy atom. The number of nitrogens with one attached hydrogen (secondary N) is 4. The number of hydrogen-bond donors (Lipinski definition) is 4. The molecule has 0 saturated heterocycles. The summed E-state index contributed by atoms with van der Waals surface area (Å²) in [4.78, 5) is 57.1. The second-order valence-electron chi connectivity index (χ2n) is 7.21. The van der Waals surface area contributed by atoms with E-state index in [-0.39, 0.29) is 12.2 Å². The quantitative estimate of drug-likeness (QED) is 0.352. The van der Waals surface area contributed by atoms with Crippen LogP contribution in [-0.2, 0) is 19.1 Å². The number of carbonyl (C=O) groups excluding carboxylic acids is 4. The van der Waals surface area contributed by atoms with E-state index in [1.54, 1.807) is 20.8 Å². The maximum atomic E-state index is 12.1. The SMILES string of the molecule is C[C@H](NC(=O)CNC(=O)CNC(=O)OC(C)(C)C)C(=O)Nc1ccc([N+](=O)[O-])cc1. The van der Waals surface area contributed by atoms with Crippen molar-refractivity contribution in [1.29, 1.82) is 0 Å². The third-order valence-electron chi connectivity index (χ3n) is 3.35. The van der Waals surface area contributed by atoms with E-state index < -0.39 is 46.9 Å². The van der Waals surface area contributed by atoms with Crippen LogP contribution in [-0.4, -0.2) is 53.5 Å². The molecule has 164 valence electrons. The minimum Gasteiger partial charge on any atom is -0.444 e. The number of alkyl carbamates (subject to hydrolysis) is 1. The van der Waals surface area contributed by atoms with Crippen LogP contribution >= 0.6 is 0 Å². The number of nitro groups is 1. The molecule has 1 atom stereocenters. The fourth-order valence-corrected chi connectivity index (χ4v) is 1.98. The standard InChI is InChI=1S/C18H25N5O7/c1-11(16(26)22-12-5-7-13(8-6-12)23(28)29)21-15(25)10-19-14(24)9-20-17(27)30-18(2,3)4/h5-8,11H,9-10H2,1-4H3,(H,19,24)(H,20,27)(H,21,25)(H,22,26)/t11-/m0/s1. The maximum Gasteiger partial charge on any atom is 0.408 e. The van der Waals surface area contributed by atoms with Gasteiger partial charge in [0.1, 0.15) is 18.2 Å². The Bertz CT molecular complexity index is 802. The molecule has 0 fully saturated rings. The normalized spacial score (nSPS) is 11.6. The molecule has 4 N–H and O–H groups in total. The number of ether oxygens (including phenoxy) is 1. The van der Waals surface area contributed by atoms with Gasteiger partial charge in [0, 0.05) is 17.8 Å². The first-order chi connectivity index (χ1) is 13.9. The molecule has 30 heavy (non-hydrogen) atoms. The second kappa shape index (κ2) is 10.7. The lowest BCUT2D eigenvalue weighted by Gasteiger charge is -2.19. The number of nitrogens with zero attached hydrogens (tertiary/aromatic N) is 1. The number of amides is 4. The van der Waals surface area contributed by atoms with Gasteiger partial charge in [0.05, 0.1) is 11.5 Å². The zero-order chi connectivity index (χ0) is 22.9. The average Bonchev–Trinajstić information content (AvgIpc) is 2.63. The molecule has 12 heteroatoms. The summed E-state index contributed by atoms with van der Waals surface area (Å²) in [7, 11) is 0. The first-order valence-corrected chi connectivity index (χ1v) is 8.95. The van der Waals surface area contributed by atoms with E-state index in [9.17, 15) is 29.3 Å². The Labute approximate surface area is 172 Å². The van der Waals surface area contributed by atoms with E-state index in [0.717, 1.165) is 0 Å². The van der Waals surface area contributed by atoms with E-state index >= 15 is 0 Å². The number of nitro benzene ring substituents is 1. The number of carbonyl (C=O) groups is 4. The fourth-order valence-electron chi connectivity index (χ4n) is 1.98. The van der Waals surface area contributed by atoms with Gasteiger partial charge in [-0.3, -0.25) is 24.5 Å². The van der Waals surface area contributed by atoms with E-state index in [4.69, 9.17) is 4.74 Å². The molecule has 1 rings (SSSR count). The highest BCUT2D eigenvalue weighted by molar-refractivity contribution is 5.97. The van der Waals surface area contributed by atoms with Crippen molar-refractivity contribution in [3.05, 3.63) is 34.4 Å². The van der Waals surface area contributed by atoms with E-state index in [1.165, 1.54) is 31.2 Å². The molecule has 0 heterocycles. The molecule has 1 aromatic rings. The first-order valence-electron chi connectivity index (χ1n) is 8.95. The van der Waals surface area contributed by atoms with Crippen LogP contribution in [0.4, 0.5) is 16.2 Å². The topological polar surface area (TPSA) is 169 Å². The van der Waals surface area contributed by atoms with Crippen LogP contribution in [0, 0.1) is 10.1 Å². The highest BCUT2D eigenvalue weighted by Gasteiger charge is 2.18. The van der Waals surface area contributed by atoms with Crippen molar-refractivity contribution in [3.8, 4) is 0 Å². The third kappa shape index (κ3) is 9.48. The number of hydrogen-bond acceptors (Lipinski definition) is 7. The number of anilines is 1. The maximum absolute atomic E-state index is 12.1. The van der Waals surface area contributed by atoms with Crippen molar-refractivity contribution in [1.82, 2.24) is 16.0 Å². The summed E-state index contributed by atoms with van der Waals surface area (Å²) in [5.74, 6) is -1.78. The average molecular weight is 423 g/mol. The number of non-ortho nitro benzene ring substituents is 1. The monoisotopic (exact) mass is 423 g/mol. The van der Waals surface area contributed by atoms with Gasteiger partial charge in [-0.15, -0.1) is 0 Å². The van der Waals surface area contributed by atoms with Gasteiger partial charge in [0.2, 0.25) is 17.7 Å². The van der Waals surface area contributed by atoms with Crippen LogP contribution in [0.2, 0.25) is 0 Å². The summed E-state index contributed by atoms with van der Waals surface area (Å²) >= 11 is 0. The van der Waals surface area contributed by atoms with E-state index in [2.05, 4.69) is 21.3 Å². The predicted molar refractivity (Wildman–Crippen MR) is 107 cm³/mol. The minimum absolute atomic E-state index is 0.119. The Morgan fingerprint density at radius 3 is 2.13 bits per heavy atom. The summed E-state index contributed by atoms with van der Waals surface area (Å²) in [5, 5.41) is 20.1. The zero-order valence-electron chi connectivity index (χ0n) is 17.1. The molecule has 0 radical (unpaired) electrons. The van der Waals surface area contributed by atoms with Crippen molar-refractivity contribution >= 4 is 35.2 Å². The molecule has 1 aromatic carbocycles. The second-order valence-corrected chi connectivity index (χ2v) is 7.21. The largest absolute Gasteiger partial charge is 0.444 e. The molecular formula is C18H25N5O7. The van der Waals surface area contributed by atoms with Crippen LogP contribution in [0.1, 0.15) is 27.7 Å². The molecule has 0 aliphatic carbocycles. The van der Waals surface area contributed by atoms with Gasteiger partial charge < -0.3 is 26.0 Å². The molecule has 0 aliphatic heterocycles. The molecule has 4 amide bonds. The van der Waals surface area contributed by atoms with Gasteiger partial charge in [-0.2, -0.15) is 0 Å². The Balaban J connectivity index is 2.36. The first kappa shape index (κ1) is 24.3. The van der Waals surface area contributed by atoms with E-state index in [0.29, 0.717) is 5.69 Å². The smallest absolute Gasteiger partial charge is 0.408 e. The molecule has 0 bridgehead atoms. The van der Waals surface area contributed by atoms with Gasteiger partial charge >= 0.3 is 6.09 Å². The Kier molecular flexibility index (Phi) is 8.71. The van der Waals surface area contributed by atoms with E-state index in [1.807, 2.05) is 0 Å². The van der Waals surface area contributed by atoms with Crippen molar-refractivity contribution < 1.29 is 28.8 Å².